The Bertz CT molecular complexity index is 439. The molecule has 0 aliphatic carbocycles. The number of amides is 1. The van der Waals surface area contributed by atoms with Crippen molar-refractivity contribution in [2.45, 2.75) is 26.4 Å². The summed E-state index contributed by atoms with van der Waals surface area (Å²) in [6.07, 6.45) is 0. The van der Waals surface area contributed by atoms with Gasteiger partial charge in [0.2, 0.25) is 5.91 Å². The maximum absolute atomic E-state index is 12.5. The number of nitrogens with zero attached hydrogens (tertiary/aromatic N) is 2. The molecular weight excluding hydrogens is 262 g/mol. The van der Waals surface area contributed by atoms with Crippen LogP contribution in [0.3, 0.4) is 0 Å². The molecule has 1 amide bonds. The van der Waals surface area contributed by atoms with E-state index in [1.807, 2.05) is 18.0 Å². The van der Waals surface area contributed by atoms with Crippen LogP contribution in [0.4, 0.5) is 0 Å². The fourth-order valence-corrected chi connectivity index (χ4v) is 2.91. The summed E-state index contributed by atoms with van der Waals surface area (Å²) in [5.41, 5.74) is 1.34. The Morgan fingerprint density at radius 1 is 1.14 bits per heavy atom. The number of carbonyl (C=O) groups is 1. The molecule has 1 aliphatic rings. The predicted octanol–water partition coefficient (Wildman–Crippen LogP) is 1.57. The number of hydrogen-bond donors (Lipinski definition) is 1. The third kappa shape index (κ3) is 4.29. The van der Waals surface area contributed by atoms with Crippen molar-refractivity contribution in [3.63, 3.8) is 0 Å². The summed E-state index contributed by atoms with van der Waals surface area (Å²) >= 11 is 0. The van der Waals surface area contributed by atoms with Crippen LogP contribution >= 0.6 is 0 Å². The summed E-state index contributed by atoms with van der Waals surface area (Å²) in [5, 5.41) is 3.14. The van der Waals surface area contributed by atoms with E-state index in [9.17, 15) is 4.79 Å². The van der Waals surface area contributed by atoms with Gasteiger partial charge in [-0.2, -0.15) is 0 Å². The quantitative estimate of drug-likeness (QED) is 0.894. The molecule has 0 aromatic heterocycles. The van der Waals surface area contributed by atoms with E-state index >= 15 is 0 Å². The Balaban J connectivity index is 1.84. The predicted molar refractivity (Wildman–Crippen MR) is 86.0 cm³/mol. The Labute approximate surface area is 128 Å². The fraction of sp³-hybridized carbons (Fsp3) is 0.588. The van der Waals surface area contributed by atoms with Gasteiger partial charge in [-0.05, 0) is 18.5 Å². The molecule has 116 valence electrons. The summed E-state index contributed by atoms with van der Waals surface area (Å²) in [4.78, 5) is 16.9. The minimum Gasteiger partial charge on any atom is -0.339 e. The second kappa shape index (κ2) is 7.57. The summed E-state index contributed by atoms with van der Waals surface area (Å²) < 4.78 is 0. The Kier molecular flexibility index (Phi) is 5.76. The highest BCUT2D eigenvalue weighted by Crippen LogP contribution is 2.11. The zero-order valence-corrected chi connectivity index (χ0v) is 13.4. The molecule has 1 saturated heterocycles. The van der Waals surface area contributed by atoms with Crippen molar-refractivity contribution in [3.8, 4) is 0 Å². The lowest BCUT2D eigenvalue weighted by atomic mass is 10.0. The molecule has 1 aliphatic heterocycles. The number of piperazine rings is 1. The van der Waals surface area contributed by atoms with E-state index in [1.54, 1.807) is 0 Å². The van der Waals surface area contributed by atoms with Crippen LogP contribution < -0.4 is 5.32 Å². The van der Waals surface area contributed by atoms with Crippen LogP contribution in [0.1, 0.15) is 19.4 Å². The molecular formula is C17H27N3O. The largest absolute Gasteiger partial charge is 0.339 e. The standard InChI is InChI=1S/C17H27N3O/c1-14(2)16(18-3)17(21)20-11-9-19(10-12-20)13-15-7-5-4-6-8-15/h4-8,14,16,18H,9-13H2,1-3H3/t16-/m1/s1. The first-order valence-electron chi connectivity index (χ1n) is 7.84. The van der Waals surface area contributed by atoms with Crippen molar-refractivity contribution in [2.24, 2.45) is 5.92 Å². The van der Waals surface area contributed by atoms with Gasteiger partial charge in [-0.1, -0.05) is 44.2 Å². The van der Waals surface area contributed by atoms with Gasteiger partial charge in [0.1, 0.15) is 0 Å². The smallest absolute Gasteiger partial charge is 0.240 e. The van der Waals surface area contributed by atoms with Gasteiger partial charge in [-0.15, -0.1) is 0 Å². The topological polar surface area (TPSA) is 35.6 Å². The molecule has 0 bridgehead atoms. The Morgan fingerprint density at radius 2 is 1.76 bits per heavy atom. The molecule has 1 aromatic rings. The monoisotopic (exact) mass is 289 g/mol. The third-order valence-corrected chi connectivity index (χ3v) is 4.18. The lowest BCUT2D eigenvalue weighted by Crippen LogP contribution is -2.54. The van der Waals surface area contributed by atoms with Gasteiger partial charge < -0.3 is 10.2 Å². The third-order valence-electron chi connectivity index (χ3n) is 4.18. The van der Waals surface area contributed by atoms with Crippen LogP contribution in [0.2, 0.25) is 0 Å². The molecule has 1 N–H and O–H groups in total. The van der Waals surface area contributed by atoms with Crippen molar-refractivity contribution in [1.82, 2.24) is 15.1 Å². The molecule has 2 rings (SSSR count). The summed E-state index contributed by atoms with van der Waals surface area (Å²) in [6.45, 7) is 8.72. The molecule has 21 heavy (non-hydrogen) atoms. The van der Waals surface area contributed by atoms with Gasteiger partial charge in [0.15, 0.2) is 0 Å². The minimum atomic E-state index is -0.0642. The van der Waals surface area contributed by atoms with E-state index in [4.69, 9.17) is 0 Å². The lowest BCUT2D eigenvalue weighted by Gasteiger charge is -2.37. The number of carbonyl (C=O) groups excluding carboxylic acids is 1. The van der Waals surface area contributed by atoms with Crippen molar-refractivity contribution in [1.29, 1.82) is 0 Å². The van der Waals surface area contributed by atoms with E-state index in [0.717, 1.165) is 32.7 Å². The summed E-state index contributed by atoms with van der Waals surface area (Å²) in [7, 11) is 1.87. The molecule has 1 atom stereocenters. The van der Waals surface area contributed by atoms with Crippen LogP contribution in [0.5, 0.6) is 0 Å². The zero-order valence-electron chi connectivity index (χ0n) is 13.4. The molecule has 1 heterocycles. The van der Waals surface area contributed by atoms with Gasteiger partial charge >= 0.3 is 0 Å². The highest BCUT2D eigenvalue weighted by Gasteiger charge is 2.28. The SMILES string of the molecule is CN[C@@H](C(=O)N1CCN(Cc2ccccc2)CC1)C(C)C. The van der Waals surface area contributed by atoms with Gasteiger partial charge in [0, 0.05) is 32.7 Å². The van der Waals surface area contributed by atoms with Gasteiger partial charge in [-0.3, -0.25) is 9.69 Å². The molecule has 0 saturated carbocycles. The average Bonchev–Trinajstić information content (AvgIpc) is 2.49. The van der Waals surface area contributed by atoms with E-state index in [-0.39, 0.29) is 11.9 Å². The summed E-state index contributed by atoms with van der Waals surface area (Å²) in [5.74, 6) is 0.566. The second-order valence-electron chi connectivity index (χ2n) is 6.10. The molecule has 1 fully saturated rings. The van der Waals surface area contributed by atoms with Crippen LogP contribution in [0.15, 0.2) is 30.3 Å². The van der Waals surface area contributed by atoms with E-state index < -0.39 is 0 Å². The highest BCUT2D eigenvalue weighted by atomic mass is 16.2. The molecule has 4 heteroatoms. The van der Waals surface area contributed by atoms with E-state index in [1.165, 1.54) is 5.56 Å². The van der Waals surface area contributed by atoms with Gasteiger partial charge in [0.05, 0.1) is 6.04 Å². The number of nitrogens with one attached hydrogen (secondary N) is 1. The van der Waals surface area contributed by atoms with Gasteiger partial charge in [-0.25, -0.2) is 0 Å². The normalized spacial score (nSPS) is 18.0. The van der Waals surface area contributed by atoms with Gasteiger partial charge in [0.25, 0.3) is 0 Å². The maximum atomic E-state index is 12.5. The average molecular weight is 289 g/mol. The lowest BCUT2D eigenvalue weighted by molar-refractivity contribution is -0.136. The first-order chi connectivity index (χ1) is 10.1. The summed E-state index contributed by atoms with van der Waals surface area (Å²) in [6, 6.07) is 10.5. The van der Waals surface area contributed by atoms with Crippen LogP contribution in [0.25, 0.3) is 0 Å². The van der Waals surface area contributed by atoms with E-state index in [2.05, 4.69) is 48.3 Å². The van der Waals surface area contributed by atoms with Crippen molar-refractivity contribution in [2.75, 3.05) is 33.2 Å². The second-order valence-corrected chi connectivity index (χ2v) is 6.10. The molecule has 0 spiro atoms. The Morgan fingerprint density at radius 3 is 2.29 bits per heavy atom. The van der Waals surface area contributed by atoms with Crippen LogP contribution in [-0.2, 0) is 11.3 Å². The highest BCUT2D eigenvalue weighted by molar-refractivity contribution is 5.82. The molecule has 0 unspecified atom stereocenters. The Hall–Kier alpha value is -1.39. The molecule has 4 nitrogen and oxygen atoms in total. The van der Waals surface area contributed by atoms with Crippen LogP contribution in [0, 0.1) is 5.92 Å². The van der Waals surface area contributed by atoms with Crippen molar-refractivity contribution >= 4 is 5.91 Å². The van der Waals surface area contributed by atoms with Crippen LogP contribution in [-0.4, -0.2) is 55.0 Å². The fourth-order valence-electron chi connectivity index (χ4n) is 2.91. The van der Waals surface area contributed by atoms with Crippen molar-refractivity contribution in [3.05, 3.63) is 35.9 Å². The van der Waals surface area contributed by atoms with Crippen molar-refractivity contribution < 1.29 is 4.79 Å². The first-order valence-corrected chi connectivity index (χ1v) is 7.84. The molecule has 0 radical (unpaired) electrons. The number of hydrogen-bond acceptors (Lipinski definition) is 3. The maximum Gasteiger partial charge on any atom is 0.240 e. The minimum absolute atomic E-state index is 0.0642. The van der Waals surface area contributed by atoms with E-state index in [0.29, 0.717) is 5.92 Å². The number of likely N-dealkylation sites (N-methyl/N-ethyl adjacent to an activating group) is 1. The number of rotatable bonds is 5. The number of benzene rings is 1. The first kappa shape index (κ1) is 16.0. The molecule has 1 aromatic carbocycles. The zero-order chi connectivity index (χ0) is 15.2.